The molecule has 0 radical (unpaired) electrons. The first-order valence-corrected chi connectivity index (χ1v) is 27.5. The van der Waals surface area contributed by atoms with Gasteiger partial charge in [0.15, 0.2) is 6.10 Å². The van der Waals surface area contributed by atoms with Crippen LogP contribution in [0.25, 0.3) is 0 Å². The Balaban J connectivity index is 4.31. The Kier molecular flexibility index (Phi) is 52.4. The first-order valence-electron chi connectivity index (χ1n) is 27.5. The van der Waals surface area contributed by atoms with Gasteiger partial charge in [-0.15, -0.1) is 0 Å². The van der Waals surface area contributed by atoms with Crippen LogP contribution in [0.1, 0.15) is 265 Å². The summed E-state index contributed by atoms with van der Waals surface area (Å²) < 4.78 is 17.4. The number of carbonyl (C=O) groups is 2. The van der Waals surface area contributed by atoms with Gasteiger partial charge in [0.25, 0.3) is 0 Å². The first-order chi connectivity index (χ1) is 31.6. The number of rotatable bonds is 50. The van der Waals surface area contributed by atoms with Crippen molar-refractivity contribution >= 4 is 11.9 Å². The molecule has 0 saturated carbocycles. The number of hydrogen-bond donors (Lipinski definition) is 0. The highest BCUT2D eigenvalue weighted by atomic mass is 16.6. The van der Waals surface area contributed by atoms with E-state index >= 15 is 0 Å². The third-order valence-electron chi connectivity index (χ3n) is 11.7. The van der Waals surface area contributed by atoms with Gasteiger partial charge < -0.3 is 14.2 Å². The predicted molar refractivity (Wildman–Crippen MR) is 279 cm³/mol. The molecule has 0 rings (SSSR count). The molecule has 0 aliphatic carbocycles. The number of esters is 2. The van der Waals surface area contributed by atoms with Crippen LogP contribution in [-0.4, -0.2) is 37.9 Å². The fourth-order valence-electron chi connectivity index (χ4n) is 7.65. The van der Waals surface area contributed by atoms with E-state index < -0.39 is 6.10 Å². The molecule has 0 bridgehead atoms. The molecule has 370 valence electrons. The van der Waals surface area contributed by atoms with Crippen LogP contribution < -0.4 is 0 Å². The zero-order valence-corrected chi connectivity index (χ0v) is 42.5. The largest absolute Gasteiger partial charge is 0.462 e. The molecule has 0 aliphatic rings. The van der Waals surface area contributed by atoms with E-state index in [2.05, 4.69) is 93.7 Å². The standard InChI is InChI=1S/C59H104O5/c1-4-7-10-13-16-19-22-25-27-28-29-30-31-33-36-39-42-45-48-51-54-62-55-57(64-59(61)53-50-47-44-41-38-34-24-21-18-15-12-9-6-3)56-63-58(60)52-49-46-43-40-37-35-32-26-23-20-17-14-11-8-5-2/h7,10,16,19,21,24-25,27,29-30,33,36,57H,4-6,8-9,11-15,17-18,20,22-23,26,28,31-32,34-35,37-56H2,1-3H3/b10-7-,19-16-,24-21-,27-25-,30-29-,36-33-. The van der Waals surface area contributed by atoms with Gasteiger partial charge >= 0.3 is 11.9 Å². The molecule has 5 heteroatoms. The third kappa shape index (κ3) is 52.0. The van der Waals surface area contributed by atoms with E-state index in [9.17, 15) is 9.59 Å². The summed E-state index contributed by atoms with van der Waals surface area (Å²) in [4.78, 5) is 25.4. The van der Waals surface area contributed by atoms with Gasteiger partial charge in [0.1, 0.15) is 6.61 Å². The maximum atomic E-state index is 12.8. The van der Waals surface area contributed by atoms with Crippen molar-refractivity contribution in [1.82, 2.24) is 0 Å². The molecule has 5 nitrogen and oxygen atoms in total. The van der Waals surface area contributed by atoms with Gasteiger partial charge in [-0.2, -0.15) is 0 Å². The lowest BCUT2D eigenvalue weighted by molar-refractivity contribution is -0.163. The molecule has 0 aliphatic heterocycles. The Morgan fingerprint density at radius 2 is 0.703 bits per heavy atom. The van der Waals surface area contributed by atoms with Crippen molar-refractivity contribution in [1.29, 1.82) is 0 Å². The number of ether oxygens (including phenoxy) is 3. The molecule has 0 amide bonds. The van der Waals surface area contributed by atoms with E-state index in [4.69, 9.17) is 14.2 Å². The summed E-state index contributed by atoms with van der Waals surface area (Å²) in [6.07, 6.45) is 70.6. The molecular formula is C59H104O5. The quantitative estimate of drug-likeness (QED) is 0.0346. The van der Waals surface area contributed by atoms with Gasteiger partial charge in [-0.1, -0.05) is 235 Å². The monoisotopic (exact) mass is 893 g/mol. The van der Waals surface area contributed by atoms with Crippen molar-refractivity contribution in [2.24, 2.45) is 0 Å². The van der Waals surface area contributed by atoms with Crippen molar-refractivity contribution in [2.75, 3.05) is 19.8 Å². The fourth-order valence-corrected chi connectivity index (χ4v) is 7.65. The molecular weight excluding hydrogens is 789 g/mol. The zero-order valence-electron chi connectivity index (χ0n) is 42.5. The summed E-state index contributed by atoms with van der Waals surface area (Å²) in [5.41, 5.74) is 0. The van der Waals surface area contributed by atoms with Gasteiger partial charge in [0.2, 0.25) is 0 Å². The van der Waals surface area contributed by atoms with Crippen molar-refractivity contribution in [3.05, 3.63) is 72.9 Å². The minimum Gasteiger partial charge on any atom is -0.462 e. The first kappa shape index (κ1) is 61.3. The molecule has 0 aromatic rings. The fraction of sp³-hybridized carbons (Fsp3) is 0.763. The molecule has 1 unspecified atom stereocenters. The molecule has 64 heavy (non-hydrogen) atoms. The molecule has 1 atom stereocenters. The van der Waals surface area contributed by atoms with Gasteiger partial charge in [-0.3, -0.25) is 9.59 Å². The molecule has 0 aromatic heterocycles. The molecule has 0 aromatic carbocycles. The maximum Gasteiger partial charge on any atom is 0.306 e. The van der Waals surface area contributed by atoms with Gasteiger partial charge in [0.05, 0.1) is 6.61 Å². The normalized spacial score (nSPS) is 12.7. The molecule has 0 fully saturated rings. The summed E-state index contributed by atoms with van der Waals surface area (Å²) in [5, 5.41) is 0. The van der Waals surface area contributed by atoms with Crippen LogP contribution in [0, 0.1) is 0 Å². The smallest absolute Gasteiger partial charge is 0.306 e. The average Bonchev–Trinajstić information content (AvgIpc) is 3.30. The highest BCUT2D eigenvalue weighted by Crippen LogP contribution is 2.15. The second kappa shape index (κ2) is 54.7. The lowest BCUT2D eigenvalue weighted by Gasteiger charge is -2.18. The van der Waals surface area contributed by atoms with Crippen LogP contribution in [0.3, 0.4) is 0 Å². The summed E-state index contributed by atoms with van der Waals surface area (Å²) in [5.74, 6) is -0.414. The number of allylic oxidation sites excluding steroid dienone is 12. The van der Waals surface area contributed by atoms with E-state index in [0.29, 0.717) is 19.4 Å². The van der Waals surface area contributed by atoms with E-state index in [1.165, 1.54) is 141 Å². The van der Waals surface area contributed by atoms with Crippen LogP contribution in [-0.2, 0) is 23.8 Å². The van der Waals surface area contributed by atoms with Gasteiger partial charge in [-0.05, 0) is 89.9 Å². The Bertz CT molecular complexity index is 1150. The Morgan fingerprint density at radius 3 is 1.16 bits per heavy atom. The van der Waals surface area contributed by atoms with Crippen LogP contribution in [0.5, 0.6) is 0 Å². The van der Waals surface area contributed by atoms with E-state index in [-0.39, 0.29) is 25.2 Å². The van der Waals surface area contributed by atoms with Crippen molar-refractivity contribution in [3.8, 4) is 0 Å². The van der Waals surface area contributed by atoms with Crippen molar-refractivity contribution in [3.63, 3.8) is 0 Å². The van der Waals surface area contributed by atoms with Gasteiger partial charge in [0, 0.05) is 19.4 Å². The van der Waals surface area contributed by atoms with Crippen molar-refractivity contribution in [2.45, 2.75) is 271 Å². The predicted octanol–water partition coefficient (Wildman–Crippen LogP) is 18.7. The highest BCUT2D eigenvalue weighted by Gasteiger charge is 2.17. The van der Waals surface area contributed by atoms with Crippen LogP contribution in [0.15, 0.2) is 72.9 Å². The minimum absolute atomic E-state index is 0.0721. The second-order valence-corrected chi connectivity index (χ2v) is 18.1. The topological polar surface area (TPSA) is 61.8 Å². The minimum atomic E-state index is -0.554. The number of carbonyl (C=O) groups excluding carboxylic acids is 2. The lowest BCUT2D eigenvalue weighted by Crippen LogP contribution is -2.30. The number of hydrogen-bond acceptors (Lipinski definition) is 5. The second-order valence-electron chi connectivity index (χ2n) is 18.1. The molecule has 0 spiro atoms. The lowest BCUT2D eigenvalue weighted by atomic mass is 10.0. The van der Waals surface area contributed by atoms with Crippen LogP contribution in [0.2, 0.25) is 0 Å². The van der Waals surface area contributed by atoms with E-state index in [1.807, 2.05) is 0 Å². The summed E-state index contributed by atoms with van der Waals surface area (Å²) >= 11 is 0. The summed E-state index contributed by atoms with van der Waals surface area (Å²) in [7, 11) is 0. The molecule has 0 saturated heterocycles. The SMILES string of the molecule is CC/C=C\C/C=C\C/C=C\C/C=C\C/C=C\CCCCCCOCC(COC(=O)CCCCCCCCCCCCCCCCC)OC(=O)CCCCCCC/C=C\CCCCCC. The maximum absolute atomic E-state index is 12.8. The molecule has 0 heterocycles. The summed E-state index contributed by atoms with van der Waals surface area (Å²) in [6, 6.07) is 0. The van der Waals surface area contributed by atoms with Crippen LogP contribution in [0.4, 0.5) is 0 Å². The third-order valence-corrected chi connectivity index (χ3v) is 11.7. The van der Waals surface area contributed by atoms with Crippen LogP contribution >= 0.6 is 0 Å². The number of unbranched alkanes of at least 4 members (excludes halogenated alkanes) is 27. The Morgan fingerprint density at radius 1 is 0.359 bits per heavy atom. The van der Waals surface area contributed by atoms with E-state index in [1.54, 1.807) is 0 Å². The zero-order chi connectivity index (χ0) is 46.3. The Hall–Kier alpha value is -2.66. The van der Waals surface area contributed by atoms with Crippen molar-refractivity contribution < 1.29 is 23.8 Å². The summed E-state index contributed by atoms with van der Waals surface area (Å²) in [6.45, 7) is 7.66. The van der Waals surface area contributed by atoms with E-state index in [0.717, 1.165) is 89.9 Å². The average molecular weight is 893 g/mol. The highest BCUT2D eigenvalue weighted by molar-refractivity contribution is 5.70. The molecule has 0 N–H and O–H groups in total. The Labute approximate surface area is 397 Å². The van der Waals surface area contributed by atoms with Gasteiger partial charge in [-0.25, -0.2) is 0 Å².